The lowest BCUT2D eigenvalue weighted by Gasteiger charge is -2.38. The van der Waals surface area contributed by atoms with Crippen molar-refractivity contribution >= 4 is 17.8 Å². The first-order valence-electron chi connectivity index (χ1n) is 6.01. The van der Waals surface area contributed by atoms with E-state index in [1.807, 2.05) is 25.9 Å². The van der Waals surface area contributed by atoms with Crippen LogP contribution in [0.1, 0.15) is 27.2 Å². The lowest BCUT2D eigenvalue weighted by Crippen LogP contribution is -2.64. The highest BCUT2D eigenvalue weighted by Crippen LogP contribution is 2.25. The molecule has 6 nitrogen and oxygen atoms in total. The molecule has 0 aromatic rings. The number of barbiturate groups is 1. The van der Waals surface area contributed by atoms with Gasteiger partial charge in [-0.25, -0.2) is 4.79 Å². The van der Waals surface area contributed by atoms with Crippen LogP contribution in [0.3, 0.4) is 0 Å². The fourth-order valence-corrected chi connectivity index (χ4v) is 1.78. The van der Waals surface area contributed by atoms with E-state index < -0.39 is 23.3 Å². The van der Waals surface area contributed by atoms with E-state index in [0.717, 1.165) is 11.4 Å². The number of hydrogen-bond donors (Lipinski definition) is 1. The second kappa shape index (κ2) is 5.06. The van der Waals surface area contributed by atoms with E-state index in [0.29, 0.717) is 6.42 Å². The molecule has 1 aliphatic heterocycles. The Balaban J connectivity index is 2.84. The van der Waals surface area contributed by atoms with Crippen LogP contribution in [0.15, 0.2) is 0 Å². The highest BCUT2D eigenvalue weighted by Gasteiger charge is 2.48. The molecule has 6 heteroatoms. The van der Waals surface area contributed by atoms with Crippen molar-refractivity contribution in [2.75, 3.05) is 20.6 Å². The summed E-state index contributed by atoms with van der Waals surface area (Å²) in [5.41, 5.74) is -1.18. The summed E-state index contributed by atoms with van der Waals surface area (Å²) in [6.45, 7) is 5.64. The summed E-state index contributed by atoms with van der Waals surface area (Å²) in [7, 11) is 3.86. The molecule has 0 radical (unpaired) electrons. The Kier molecular flexibility index (Phi) is 4.11. The summed E-state index contributed by atoms with van der Waals surface area (Å²) in [5, 5.41) is 2.23. The normalized spacial score (nSPS) is 21.2. The molecule has 102 valence electrons. The molecular weight excluding hydrogens is 234 g/mol. The Bertz CT molecular complexity index is 377. The smallest absolute Gasteiger partial charge is 0.309 e. The summed E-state index contributed by atoms with van der Waals surface area (Å²) >= 11 is 0. The van der Waals surface area contributed by atoms with Gasteiger partial charge in [0.15, 0.2) is 0 Å². The highest BCUT2D eigenvalue weighted by atomic mass is 16.2. The van der Waals surface area contributed by atoms with E-state index >= 15 is 0 Å². The van der Waals surface area contributed by atoms with Gasteiger partial charge in [0.2, 0.25) is 11.8 Å². The average Bonchev–Trinajstić information content (AvgIpc) is 2.24. The van der Waals surface area contributed by atoms with Crippen LogP contribution in [-0.2, 0) is 9.59 Å². The van der Waals surface area contributed by atoms with Crippen LogP contribution in [0.5, 0.6) is 0 Å². The second-order valence-electron chi connectivity index (χ2n) is 5.50. The molecule has 1 atom stereocenters. The number of nitrogens with one attached hydrogen (secondary N) is 1. The molecule has 0 saturated carbocycles. The van der Waals surface area contributed by atoms with Gasteiger partial charge in [0, 0.05) is 6.04 Å². The molecule has 0 bridgehead atoms. The first-order valence-corrected chi connectivity index (χ1v) is 6.01. The fourth-order valence-electron chi connectivity index (χ4n) is 1.78. The topological polar surface area (TPSA) is 69.7 Å². The summed E-state index contributed by atoms with van der Waals surface area (Å²) < 4.78 is 0. The largest absolute Gasteiger partial charge is 0.331 e. The van der Waals surface area contributed by atoms with Crippen molar-refractivity contribution in [1.29, 1.82) is 0 Å². The molecule has 1 heterocycles. The Hall–Kier alpha value is -1.43. The molecule has 0 aromatic carbocycles. The third-order valence-electron chi connectivity index (χ3n) is 3.20. The summed E-state index contributed by atoms with van der Waals surface area (Å²) in [4.78, 5) is 38.7. The van der Waals surface area contributed by atoms with Gasteiger partial charge in [-0.3, -0.25) is 19.8 Å². The van der Waals surface area contributed by atoms with Crippen LogP contribution in [0.4, 0.5) is 4.79 Å². The van der Waals surface area contributed by atoms with E-state index in [-0.39, 0.29) is 6.04 Å². The molecular formula is C12H21N3O3. The minimum atomic E-state index is -1.18. The van der Waals surface area contributed by atoms with E-state index in [1.165, 1.54) is 13.8 Å². The van der Waals surface area contributed by atoms with E-state index in [9.17, 15) is 14.4 Å². The van der Waals surface area contributed by atoms with Gasteiger partial charge in [0.05, 0.1) is 0 Å². The number of imide groups is 2. The van der Waals surface area contributed by atoms with E-state index in [1.54, 1.807) is 0 Å². The molecule has 18 heavy (non-hydrogen) atoms. The number of nitrogens with zero attached hydrogens (tertiary/aromatic N) is 2. The van der Waals surface area contributed by atoms with Gasteiger partial charge < -0.3 is 4.90 Å². The predicted molar refractivity (Wildman–Crippen MR) is 66.8 cm³/mol. The summed E-state index contributed by atoms with van der Waals surface area (Å²) in [6.07, 6.45) is 0.677. The van der Waals surface area contributed by atoms with Gasteiger partial charge in [-0.15, -0.1) is 0 Å². The molecule has 0 aliphatic carbocycles. The SMILES string of the molecule is CC(CCN(C)C)N1C(=O)NC(=O)C(C)(C)C1=O. The fraction of sp³-hybridized carbons (Fsp3) is 0.750. The molecule has 1 saturated heterocycles. The van der Waals surface area contributed by atoms with Crippen LogP contribution in [0, 0.1) is 5.41 Å². The Labute approximate surface area is 107 Å². The van der Waals surface area contributed by atoms with Gasteiger partial charge in [0.1, 0.15) is 5.41 Å². The van der Waals surface area contributed by atoms with Crippen molar-refractivity contribution in [3.05, 3.63) is 0 Å². The van der Waals surface area contributed by atoms with Crippen molar-refractivity contribution in [2.24, 2.45) is 5.41 Å². The molecule has 1 aliphatic rings. The predicted octanol–water partition coefficient (Wildman–Crippen LogP) is 0.431. The third kappa shape index (κ3) is 2.69. The maximum absolute atomic E-state index is 12.2. The third-order valence-corrected chi connectivity index (χ3v) is 3.20. The monoisotopic (exact) mass is 255 g/mol. The molecule has 1 N–H and O–H groups in total. The second-order valence-corrected chi connectivity index (χ2v) is 5.50. The summed E-state index contributed by atoms with van der Waals surface area (Å²) in [5.74, 6) is -0.962. The standard InChI is InChI=1S/C12H21N3O3/c1-8(6-7-14(4)5)15-10(17)12(2,3)9(16)13-11(15)18/h8H,6-7H2,1-5H3,(H,13,16,18). The lowest BCUT2D eigenvalue weighted by atomic mass is 9.88. The number of carbonyl (C=O) groups is 3. The molecule has 0 spiro atoms. The van der Waals surface area contributed by atoms with Crippen LogP contribution >= 0.6 is 0 Å². The van der Waals surface area contributed by atoms with Gasteiger partial charge in [-0.2, -0.15) is 0 Å². The average molecular weight is 255 g/mol. The molecule has 1 rings (SSSR count). The zero-order chi connectivity index (χ0) is 14.1. The molecule has 0 aromatic heterocycles. The number of carbonyl (C=O) groups excluding carboxylic acids is 3. The van der Waals surface area contributed by atoms with Crippen molar-refractivity contribution in [2.45, 2.75) is 33.2 Å². The number of rotatable bonds is 4. The van der Waals surface area contributed by atoms with Gasteiger partial charge in [-0.1, -0.05) is 0 Å². The van der Waals surface area contributed by atoms with Gasteiger partial charge in [0.25, 0.3) is 0 Å². The van der Waals surface area contributed by atoms with Gasteiger partial charge in [-0.05, 0) is 47.8 Å². The first-order chi connectivity index (χ1) is 8.17. The highest BCUT2D eigenvalue weighted by molar-refractivity contribution is 6.18. The van der Waals surface area contributed by atoms with Crippen molar-refractivity contribution < 1.29 is 14.4 Å². The van der Waals surface area contributed by atoms with Crippen molar-refractivity contribution in [3.8, 4) is 0 Å². The van der Waals surface area contributed by atoms with Crippen molar-refractivity contribution in [3.63, 3.8) is 0 Å². The van der Waals surface area contributed by atoms with Crippen LogP contribution in [-0.4, -0.2) is 54.3 Å². The zero-order valence-electron chi connectivity index (χ0n) is 11.6. The van der Waals surface area contributed by atoms with E-state index in [4.69, 9.17) is 0 Å². The number of urea groups is 1. The lowest BCUT2D eigenvalue weighted by molar-refractivity contribution is -0.150. The number of amides is 4. The van der Waals surface area contributed by atoms with Crippen LogP contribution < -0.4 is 5.32 Å². The Morgan fingerprint density at radius 3 is 2.33 bits per heavy atom. The summed E-state index contributed by atoms with van der Waals surface area (Å²) in [6, 6.07) is -0.845. The Morgan fingerprint density at radius 1 is 1.28 bits per heavy atom. The minimum absolute atomic E-state index is 0.229. The zero-order valence-corrected chi connectivity index (χ0v) is 11.6. The molecule has 1 fully saturated rings. The molecule has 4 amide bonds. The Morgan fingerprint density at radius 2 is 1.83 bits per heavy atom. The van der Waals surface area contributed by atoms with E-state index in [2.05, 4.69) is 5.32 Å². The maximum Gasteiger partial charge on any atom is 0.331 e. The maximum atomic E-state index is 12.2. The molecule has 1 unspecified atom stereocenters. The number of hydrogen-bond acceptors (Lipinski definition) is 4. The first kappa shape index (κ1) is 14.6. The van der Waals surface area contributed by atoms with Crippen LogP contribution in [0.25, 0.3) is 0 Å². The van der Waals surface area contributed by atoms with Crippen molar-refractivity contribution in [1.82, 2.24) is 15.1 Å². The minimum Gasteiger partial charge on any atom is -0.309 e. The quantitative estimate of drug-likeness (QED) is 0.740. The van der Waals surface area contributed by atoms with Gasteiger partial charge >= 0.3 is 6.03 Å². The van der Waals surface area contributed by atoms with Crippen LogP contribution in [0.2, 0.25) is 0 Å².